The largest absolute Gasteiger partial charge is 0.268 e. The van der Waals surface area contributed by atoms with Crippen LogP contribution in [0.3, 0.4) is 0 Å². The first-order chi connectivity index (χ1) is 10.8. The van der Waals surface area contributed by atoms with Gasteiger partial charge in [0.2, 0.25) is 0 Å². The zero-order valence-electron chi connectivity index (χ0n) is 14.1. The maximum absolute atomic E-state index is 12.9. The van der Waals surface area contributed by atoms with Crippen LogP contribution in [0, 0.1) is 0 Å². The van der Waals surface area contributed by atoms with Gasteiger partial charge in [0.05, 0.1) is 19.2 Å². The lowest BCUT2D eigenvalue weighted by atomic mass is 9.91. The van der Waals surface area contributed by atoms with E-state index in [2.05, 4.69) is 26.2 Å². The molecular weight excluding hydrogens is 302 g/mol. The normalized spacial score (nSPS) is 20.8. The number of benzene rings is 1. The lowest BCUT2D eigenvalue weighted by Crippen LogP contribution is -2.42. The zero-order chi connectivity index (χ0) is 16.8. The van der Waals surface area contributed by atoms with Crippen LogP contribution in [0.25, 0.3) is 0 Å². The molecule has 120 valence electrons. The lowest BCUT2D eigenvalue weighted by molar-refractivity contribution is 0.0711. The third-order valence-electron chi connectivity index (χ3n) is 4.60. The van der Waals surface area contributed by atoms with Gasteiger partial charge in [-0.1, -0.05) is 43.9 Å². The summed E-state index contributed by atoms with van der Waals surface area (Å²) in [4.78, 5) is 27.3. The van der Waals surface area contributed by atoms with Crippen molar-refractivity contribution in [2.45, 2.75) is 45.3 Å². The number of rotatable bonds is 2. The Balaban J connectivity index is 2.17. The molecule has 1 saturated carbocycles. The molecule has 3 rings (SSSR count). The molecule has 0 saturated heterocycles. The first kappa shape index (κ1) is 15.9. The van der Waals surface area contributed by atoms with Crippen LogP contribution in [0.4, 0.5) is 0 Å². The van der Waals surface area contributed by atoms with Gasteiger partial charge < -0.3 is 0 Å². The Morgan fingerprint density at radius 2 is 1.52 bits per heavy atom. The second-order valence-electron chi connectivity index (χ2n) is 7.38. The first-order valence-corrected chi connectivity index (χ1v) is 11.7. The topological polar surface area (TPSA) is 37.4 Å². The number of carbonyl (C=O) groups excluding carboxylic acids is 2. The molecule has 1 aromatic carbocycles. The fourth-order valence-electron chi connectivity index (χ4n) is 3.57. The summed E-state index contributed by atoms with van der Waals surface area (Å²) < 4.78 is 0. The average Bonchev–Trinajstić information content (AvgIpc) is 2.74. The van der Waals surface area contributed by atoms with E-state index < -0.39 is 8.07 Å². The van der Waals surface area contributed by atoms with Gasteiger partial charge in [-0.05, 0) is 43.4 Å². The van der Waals surface area contributed by atoms with Crippen molar-refractivity contribution in [3.05, 3.63) is 58.4 Å². The molecule has 0 aromatic heterocycles. The standard InChI is InChI=1S/C19H23NO2Si/c1-13-9-5-6-10-14(13)19(23(2,3)4)20-17(21)15-11-7-8-12-16(15)18(20)22/h7-8,11-12H,1,5-6,9-10H2,2-4H3/b19-14-. The van der Waals surface area contributed by atoms with Crippen molar-refractivity contribution in [3.8, 4) is 0 Å². The van der Waals surface area contributed by atoms with Gasteiger partial charge in [0.25, 0.3) is 11.8 Å². The van der Waals surface area contributed by atoms with Crippen LogP contribution < -0.4 is 0 Å². The van der Waals surface area contributed by atoms with Crippen LogP contribution >= 0.6 is 0 Å². The van der Waals surface area contributed by atoms with E-state index in [4.69, 9.17) is 0 Å². The van der Waals surface area contributed by atoms with Crippen LogP contribution in [0.1, 0.15) is 46.4 Å². The summed E-state index contributed by atoms with van der Waals surface area (Å²) in [7, 11) is -1.90. The molecule has 1 heterocycles. The van der Waals surface area contributed by atoms with E-state index in [1.54, 1.807) is 12.1 Å². The van der Waals surface area contributed by atoms with E-state index in [-0.39, 0.29) is 11.8 Å². The van der Waals surface area contributed by atoms with Crippen LogP contribution in [0.2, 0.25) is 19.6 Å². The number of amides is 2. The summed E-state index contributed by atoms with van der Waals surface area (Å²) >= 11 is 0. The van der Waals surface area contributed by atoms with Gasteiger partial charge in [-0.2, -0.15) is 0 Å². The Bertz CT molecular complexity index is 705. The monoisotopic (exact) mass is 325 g/mol. The fourth-order valence-corrected chi connectivity index (χ4v) is 5.65. The number of fused-ring (bicyclic) bond motifs is 1. The highest BCUT2D eigenvalue weighted by Crippen LogP contribution is 2.38. The third kappa shape index (κ3) is 2.61. The van der Waals surface area contributed by atoms with Gasteiger partial charge in [-0.15, -0.1) is 0 Å². The minimum Gasteiger partial charge on any atom is -0.268 e. The number of hydrogen-bond acceptors (Lipinski definition) is 2. The molecule has 0 N–H and O–H groups in total. The van der Waals surface area contributed by atoms with E-state index >= 15 is 0 Å². The predicted octanol–water partition coefficient (Wildman–Crippen LogP) is 4.54. The van der Waals surface area contributed by atoms with Crippen molar-refractivity contribution < 1.29 is 9.59 Å². The van der Waals surface area contributed by atoms with Crippen molar-refractivity contribution >= 4 is 19.9 Å². The van der Waals surface area contributed by atoms with Crippen molar-refractivity contribution in [3.63, 3.8) is 0 Å². The van der Waals surface area contributed by atoms with Crippen LogP contribution in [-0.4, -0.2) is 24.8 Å². The van der Waals surface area contributed by atoms with Gasteiger partial charge >= 0.3 is 0 Å². The average molecular weight is 325 g/mol. The molecule has 2 amide bonds. The molecule has 1 aliphatic heterocycles. The highest BCUT2D eigenvalue weighted by molar-refractivity contribution is 6.83. The van der Waals surface area contributed by atoms with Gasteiger partial charge in [0, 0.05) is 5.32 Å². The Kier molecular flexibility index (Phi) is 3.88. The zero-order valence-corrected chi connectivity index (χ0v) is 15.1. The van der Waals surface area contributed by atoms with Crippen LogP contribution in [0.15, 0.2) is 47.3 Å². The molecule has 23 heavy (non-hydrogen) atoms. The third-order valence-corrected chi connectivity index (χ3v) is 6.54. The maximum Gasteiger partial charge on any atom is 0.265 e. The molecule has 3 nitrogen and oxygen atoms in total. The van der Waals surface area contributed by atoms with Gasteiger partial charge in [0.15, 0.2) is 0 Å². The lowest BCUT2D eigenvalue weighted by Gasteiger charge is -2.33. The molecular formula is C19H23NO2Si. The predicted molar refractivity (Wildman–Crippen MR) is 94.9 cm³/mol. The smallest absolute Gasteiger partial charge is 0.265 e. The molecule has 0 unspecified atom stereocenters. The van der Waals surface area contributed by atoms with Crippen molar-refractivity contribution in [1.29, 1.82) is 0 Å². The molecule has 0 spiro atoms. The number of carbonyl (C=O) groups is 2. The molecule has 2 aliphatic rings. The molecule has 0 radical (unpaired) electrons. The molecule has 4 heteroatoms. The molecule has 1 aromatic rings. The fraction of sp³-hybridized carbons (Fsp3) is 0.368. The number of hydrogen-bond donors (Lipinski definition) is 0. The highest BCUT2D eigenvalue weighted by atomic mass is 28.3. The van der Waals surface area contributed by atoms with Gasteiger partial charge in [-0.3, -0.25) is 14.5 Å². The summed E-state index contributed by atoms with van der Waals surface area (Å²) in [5.41, 5.74) is 3.31. The van der Waals surface area contributed by atoms with E-state index in [0.29, 0.717) is 11.1 Å². The Morgan fingerprint density at radius 3 is 2.00 bits per heavy atom. The van der Waals surface area contributed by atoms with Gasteiger partial charge in [-0.25, -0.2) is 0 Å². The molecule has 1 fully saturated rings. The van der Waals surface area contributed by atoms with Crippen molar-refractivity contribution in [2.75, 3.05) is 0 Å². The molecule has 0 atom stereocenters. The summed E-state index contributed by atoms with van der Waals surface area (Å²) in [5, 5.41) is 0.966. The number of imide groups is 1. The summed E-state index contributed by atoms with van der Waals surface area (Å²) in [6.45, 7) is 10.8. The van der Waals surface area contributed by atoms with Crippen molar-refractivity contribution in [1.82, 2.24) is 4.90 Å². The van der Waals surface area contributed by atoms with Gasteiger partial charge in [0.1, 0.15) is 0 Å². The number of nitrogens with zero attached hydrogens (tertiary/aromatic N) is 1. The van der Waals surface area contributed by atoms with E-state index in [1.807, 2.05) is 12.1 Å². The summed E-state index contributed by atoms with van der Waals surface area (Å²) in [6, 6.07) is 7.12. The number of allylic oxidation sites excluding steroid dienone is 2. The second kappa shape index (κ2) is 5.60. The summed E-state index contributed by atoms with van der Waals surface area (Å²) in [6.07, 6.45) is 4.13. The quantitative estimate of drug-likeness (QED) is 0.591. The van der Waals surface area contributed by atoms with E-state index in [9.17, 15) is 9.59 Å². The maximum atomic E-state index is 12.9. The highest BCUT2D eigenvalue weighted by Gasteiger charge is 2.42. The van der Waals surface area contributed by atoms with Crippen LogP contribution in [0.5, 0.6) is 0 Å². The Hall–Kier alpha value is -1.94. The Morgan fingerprint density at radius 1 is 1.00 bits per heavy atom. The van der Waals surface area contributed by atoms with Crippen molar-refractivity contribution in [2.24, 2.45) is 0 Å². The van der Waals surface area contributed by atoms with E-state index in [0.717, 1.165) is 42.1 Å². The Labute approximate surface area is 138 Å². The van der Waals surface area contributed by atoms with Crippen LogP contribution in [-0.2, 0) is 0 Å². The minimum absolute atomic E-state index is 0.172. The molecule has 0 bridgehead atoms. The first-order valence-electron chi connectivity index (χ1n) is 8.22. The second-order valence-corrected chi connectivity index (χ2v) is 12.4. The van der Waals surface area contributed by atoms with E-state index in [1.165, 1.54) is 4.90 Å². The summed E-state index contributed by atoms with van der Waals surface area (Å²) in [5.74, 6) is -0.345. The SMILES string of the molecule is C=C1CCCC/C1=C(\N1C(=O)c2ccccc2C1=O)[Si](C)(C)C. The minimum atomic E-state index is -1.90. The molecule has 1 aliphatic carbocycles.